The Balaban J connectivity index is 2.72. The molecule has 1 aromatic carbocycles. The lowest BCUT2D eigenvalue weighted by Gasteiger charge is -2.01. The molecule has 2 N–H and O–H groups in total. The van der Waals surface area contributed by atoms with E-state index in [1.54, 1.807) is 4.57 Å². The highest BCUT2D eigenvalue weighted by Gasteiger charge is 1.99. The molecule has 2 aromatic rings. The van der Waals surface area contributed by atoms with Crippen LogP contribution in [0.4, 0.5) is 0 Å². The van der Waals surface area contributed by atoms with Gasteiger partial charge in [-0.25, -0.2) is 0 Å². The topological polar surface area (TPSA) is 36.5 Å². The maximum atomic E-state index is 5.11. The van der Waals surface area contributed by atoms with Gasteiger partial charge in [-0.3, -0.25) is 14.8 Å². The summed E-state index contributed by atoms with van der Waals surface area (Å²) in [5.41, 5.74) is 2.16. The van der Waals surface area contributed by atoms with Gasteiger partial charge in [0.2, 0.25) is 0 Å². The molecule has 14 heavy (non-hydrogen) atoms. The molecule has 0 saturated heterocycles. The van der Waals surface area contributed by atoms with Gasteiger partial charge in [0.1, 0.15) is 0 Å². The van der Waals surface area contributed by atoms with Crippen LogP contribution in [0.1, 0.15) is 5.56 Å². The Morgan fingerprint density at radius 3 is 2.36 bits per heavy atom. The Bertz CT molecular complexity index is 534. The minimum absolute atomic E-state index is 0.584. The zero-order chi connectivity index (χ0) is 10.1. The first-order chi connectivity index (χ1) is 6.68. The van der Waals surface area contributed by atoms with Crippen molar-refractivity contribution in [2.45, 2.75) is 6.92 Å². The van der Waals surface area contributed by atoms with Crippen LogP contribution in [0.25, 0.3) is 5.69 Å². The second-order valence-electron chi connectivity index (χ2n) is 3.03. The van der Waals surface area contributed by atoms with Crippen LogP contribution in [-0.2, 0) is 0 Å². The number of H-pyrrole nitrogens is 2. The molecule has 0 unspecified atom stereocenters. The first-order valence-electron chi connectivity index (χ1n) is 4.15. The minimum atomic E-state index is 0.584. The highest BCUT2D eigenvalue weighted by atomic mass is 32.1. The van der Waals surface area contributed by atoms with Crippen molar-refractivity contribution in [1.82, 2.24) is 14.8 Å². The number of nitrogens with one attached hydrogen (secondary N) is 2. The van der Waals surface area contributed by atoms with E-state index < -0.39 is 0 Å². The molecule has 0 saturated carbocycles. The van der Waals surface area contributed by atoms with Gasteiger partial charge in [-0.1, -0.05) is 12.1 Å². The summed E-state index contributed by atoms with van der Waals surface area (Å²) in [6.45, 7) is 2.03. The molecule has 1 aromatic heterocycles. The van der Waals surface area contributed by atoms with Crippen molar-refractivity contribution in [3.63, 3.8) is 0 Å². The molecule has 3 nitrogen and oxygen atoms in total. The van der Waals surface area contributed by atoms with Gasteiger partial charge in [-0.15, -0.1) is 0 Å². The molecule has 0 spiro atoms. The molecule has 1 heterocycles. The Kier molecular flexibility index (Phi) is 2.35. The summed E-state index contributed by atoms with van der Waals surface area (Å²) in [6, 6.07) is 8.02. The van der Waals surface area contributed by atoms with E-state index in [2.05, 4.69) is 10.2 Å². The number of aromatic amines is 2. The van der Waals surface area contributed by atoms with Gasteiger partial charge < -0.3 is 0 Å². The predicted molar refractivity (Wildman–Crippen MR) is 60.9 cm³/mol. The van der Waals surface area contributed by atoms with Crippen molar-refractivity contribution < 1.29 is 0 Å². The van der Waals surface area contributed by atoms with Crippen LogP contribution >= 0.6 is 24.4 Å². The average Bonchev–Trinajstić information content (AvgIpc) is 2.46. The quantitative estimate of drug-likeness (QED) is 0.729. The van der Waals surface area contributed by atoms with Gasteiger partial charge >= 0.3 is 0 Å². The SMILES string of the molecule is Cc1cccc(-n2c(=S)[nH][nH]c2=S)c1. The summed E-state index contributed by atoms with van der Waals surface area (Å²) in [5, 5.41) is 5.61. The Labute approximate surface area is 91.4 Å². The summed E-state index contributed by atoms with van der Waals surface area (Å²) in [6.07, 6.45) is 0. The molecule has 5 heteroatoms. The Hall–Kier alpha value is -1.20. The van der Waals surface area contributed by atoms with E-state index in [9.17, 15) is 0 Å². The fraction of sp³-hybridized carbons (Fsp3) is 0.111. The summed E-state index contributed by atoms with van der Waals surface area (Å²) in [5.74, 6) is 0. The van der Waals surface area contributed by atoms with Crippen LogP contribution in [0.5, 0.6) is 0 Å². The van der Waals surface area contributed by atoms with Crippen molar-refractivity contribution in [1.29, 1.82) is 0 Å². The normalized spacial score (nSPS) is 10.4. The lowest BCUT2D eigenvalue weighted by molar-refractivity contribution is 1.01. The largest absolute Gasteiger partial charge is 0.274 e. The lowest BCUT2D eigenvalue weighted by Crippen LogP contribution is -1.94. The van der Waals surface area contributed by atoms with Crippen molar-refractivity contribution in [2.24, 2.45) is 0 Å². The number of hydrogen-bond acceptors (Lipinski definition) is 2. The first kappa shape index (κ1) is 9.36. The Morgan fingerprint density at radius 2 is 1.79 bits per heavy atom. The number of benzene rings is 1. The molecule has 0 fully saturated rings. The van der Waals surface area contributed by atoms with Crippen LogP contribution < -0.4 is 0 Å². The van der Waals surface area contributed by atoms with Crippen LogP contribution in [0.3, 0.4) is 0 Å². The summed E-state index contributed by atoms with van der Waals surface area (Å²) in [7, 11) is 0. The van der Waals surface area contributed by atoms with E-state index >= 15 is 0 Å². The third-order valence-electron chi connectivity index (χ3n) is 1.94. The van der Waals surface area contributed by atoms with Gasteiger partial charge in [0.05, 0.1) is 5.69 Å². The molecule has 2 rings (SSSR count). The molecule has 0 aliphatic carbocycles. The fourth-order valence-electron chi connectivity index (χ4n) is 1.31. The molecule has 0 amide bonds. The highest BCUT2D eigenvalue weighted by molar-refractivity contribution is 7.72. The molecule has 72 valence electrons. The standard InChI is InChI=1S/C9H9N3S2/c1-6-3-2-4-7(5-6)12-8(13)10-11-9(12)14/h2-5H,1H3,(H,10,13)(H,11,14). The summed E-state index contributed by atoms with van der Waals surface area (Å²) in [4.78, 5) is 0. The van der Waals surface area contributed by atoms with Gasteiger partial charge in [0.25, 0.3) is 0 Å². The van der Waals surface area contributed by atoms with E-state index in [4.69, 9.17) is 24.4 Å². The first-order valence-corrected chi connectivity index (χ1v) is 4.97. The maximum absolute atomic E-state index is 5.11. The molecule has 0 bridgehead atoms. The smallest absolute Gasteiger partial charge is 0.198 e. The van der Waals surface area contributed by atoms with Crippen molar-refractivity contribution in [2.75, 3.05) is 0 Å². The van der Waals surface area contributed by atoms with E-state index in [-0.39, 0.29) is 0 Å². The molecule has 0 aliphatic rings. The van der Waals surface area contributed by atoms with Gasteiger partial charge in [0.15, 0.2) is 9.54 Å². The van der Waals surface area contributed by atoms with E-state index in [1.807, 2.05) is 31.2 Å². The van der Waals surface area contributed by atoms with E-state index in [0.29, 0.717) is 9.54 Å². The monoisotopic (exact) mass is 223 g/mol. The lowest BCUT2D eigenvalue weighted by atomic mass is 10.2. The van der Waals surface area contributed by atoms with Crippen LogP contribution in [0, 0.1) is 16.5 Å². The zero-order valence-corrected chi connectivity index (χ0v) is 9.21. The maximum Gasteiger partial charge on any atom is 0.198 e. The fourth-order valence-corrected chi connectivity index (χ4v) is 1.87. The second-order valence-corrected chi connectivity index (χ2v) is 3.81. The van der Waals surface area contributed by atoms with Crippen LogP contribution in [-0.4, -0.2) is 14.8 Å². The number of aryl methyl sites for hydroxylation is 1. The van der Waals surface area contributed by atoms with Crippen molar-refractivity contribution in [3.8, 4) is 5.69 Å². The third-order valence-corrected chi connectivity index (χ3v) is 2.51. The number of nitrogens with zero attached hydrogens (tertiary/aromatic N) is 1. The molecule has 0 aliphatic heterocycles. The van der Waals surface area contributed by atoms with Gasteiger partial charge in [-0.05, 0) is 49.1 Å². The van der Waals surface area contributed by atoms with Crippen molar-refractivity contribution in [3.05, 3.63) is 39.4 Å². The van der Waals surface area contributed by atoms with Crippen LogP contribution in [0.15, 0.2) is 24.3 Å². The number of rotatable bonds is 1. The minimum Gasteiger partial charge on any atom is -0.274 e. The van der Waals surface area contributed by atoms with Crippen molar-refractivity contribution >= 4 is 24.4 Å². The summed E-state index contributed by atoms with van der Waals surface area (Å²) >= 11 is 10.2. The zero-order valence-electron chi connectivity index (χ0n) is 7.57. The number of hydrogen-bond donors (Lipinski definition) is 2. The number of aromatic nitrogens is 3. The van der Waals surface area contributed by atoms with E-state index in [1.165, 1.54) is 5.56 Å². The molecular formula is C9H9N3S2. The second kappa shape index (κ2) is 3.51. The molecule has 0 atom stereocenters. The van der Waals surface area contributed by atoms with Gasteiger partial charge in [0, 0.05) is 0 Å². The third kappa shape index (κ3) is 1.56. The summed E-state index contributed by atoms with van der Waals surface area (Å²) < 4.78 is 2.96. The van der Waals surface area contributed by atoms with E-state index in [0.717, 1.165) is 5.69 Å². The highest BCUT2D eigenvalue weighted by Crippen LogP contribution is 2.10. The van der Waals surface area contributed by atoms with Gasteiger partial charge in [-0.2, -0.15) is 0 Å². The average molecular weight is 223 g/mol. The molecule has 0 radical (unpaired) electrons. The van der Waals surface area contributed by atoms with Crippen LogP contribution in [0.2, 0.25) is 0 Å². The predicted octanol–water partition coefficient (Wildman–Crippen LogP) is 2.90. The Morgan fingerprint density at radius 1 is 1.14 bits per heavy atom. The molecular weight excluding hydrogens is 214 g/mol.